The minimum absolute atomic E-state index is 0.0759. The Kier molecular flexibility index (Phi) is 13.2. The molecular formula is C26H50O4. The molecule has 1 unspecified atom stereocenters. The Hall–Kier alpha value is -0.840. The first kappa shape index (κ1) is 29.2. The number of hydrogen-bond acceptors (Lipinski definition) is 4. The van der Waals surface area contributed by atoms with Crippen molar-refractivity contribution in [3.63, 3.8) is 0 Å². The van der Waals surface area contributed by atoms with Gasteiger partial charge in [-0.15, -0.1) is 0 Å². The first-order valence-corrected chi connectivity index (χ1v) is 11.6. The van der Waals surface area contributed by atoms with Crippen LogP contribution in [0.3, 0.4) is 0 Å². The maximum atomic E-state index is 6.15. The lowest BCUT2D eigenvalue weighted by atomic mass is 9.94. The zero-order valence-electron chi connectivity index (χ0n) is 21.5. The number of rotatable bonds is 18. The van der Waals surface area contributed by atoms with Crippen LogP contribution in [0.5, 0.6) is 0 Å². The molecule has 4 nitrogen and oxygen atoms in total. The van der Waals surface area contributed by atoms with Gasteiger partial charge in [0.1, 0.15) is 5.60 Å². The van der Waals surface area contributed by atoms with Crippen molar-refractivity contribution in [2.24, 2.45) is 0 Å². The highest BCUT2D eigenvalue weighted by molar-refractivity contribution is 5.11. The molecule has 0 aromatic heterocycles. The summed E-state index contributed by atoms with van der Waals surface area (Å²) in [6.07, 6.45) is 6.91. The summed E-state index contributed by atoms with van der Waals surface area (Å²) in [4.78, 5) is 0. The van der Waals surface area contributed by atoms with E-state index in [-0.39, 0.29) is 22.9 Å². The third-order valence-electron chi connectivity index (χ3n) is 5.70. The molecule has 0 saturated heterocycles. The van der Waals surface area contributed by atoms with Gasteiger partial charge in [0.05, 0.1) is 36.3 Å². The topological polar surface area (TPSA) is 36.9 Å². The number of ether oxygens (including phenoxy) is 4. The summed E-state index contributed by atoms with van der Waals surface area (Å²) in [5.41, 5.74) is 0.298. The van der Waals surface area contributed by atoms with Gasteiger partial charge in [-0.1, -0.05) is 32.9 Å². The first-order valence-electron chi connectivity index (χ1n) is 11.6. The fourth-order valence-corrected chi connectivity index (χ4v) is 3.03. The van der Waals surface area contributed by atoms with E-state index in [1.165, 1.54) is 12.8 Å². The lowest BCUT2D eigenvalue weighted by molar-refractivity contribution is -0.0592. The molecule has 0 aromatic rings. The first-order chi connectivity index (χ1) is 13.7. The second kappa shape index (κ2) is 13.5. The summed E-state index contributed by atoms with van der Waals surface area (Å²) in [7, 11) is 1.72. The molecule has 0 spiro atoms. The van der Waals surface area contributed by atoms with Crippen molar-refractivity contribution >= 4 is 0 Å². The second-order valence-corrected chi connectivity index (χ2v) is 10.2. The molecular weight excluding hydrogens is 376 g/mol. The Balaban J connectivity index is 4.32. The van der Waals surface area contributed by atoms with Crippen molar-refractivity contribution in [3.8, 4) is 0 Å². The lowest BCUT2D eigenvalue weighted by Gasteiger charge is -2.32. The van der Waals surface area contributed by atoms with E-state index in [0.717, 1.165) is 43.4 Å². The van der Waals surface area contributed by atoms with Crippen LogP contribution in [0.25, 0.3) is 0 Å². The normalized spacial score (nSPS) is 13.9. The summed E-state index contributed by atoms with van der Waals surface area (Å²) >= 11 is 0. The summed E-state index contributed by atoms with van der Waals surface area (Å²) in [6, 6.07) is 0. The van der Waals surface area contributed by atoms with Gasteiger partial charge in [0.25, 0.3) is 0 Å². The molecule has 0 aliphatic carbocycles. The number of allylic oxidation sites excluding steroid dienone is 1. The molecule has 0 amide bonds. The van der Waals surface area contributed by atoms with Crippen molar-refractivity contribution in [3.05, 3.63) is 24.5 Å². The van der Waals surface area contributed by atoms with Gasteiger partial charge in [0, 0.05) is 20.0 Å². The average molecular weight is 427 g/mol. The van der Waals surface area contributed by atoms with Gasteiger partial charge in [-0.05, 0) is 73.3 Å². The largest absolute Gasteiger partial charge is 0.493 e. The fraction of sp³-hybridized carbons (Fsp3) is 0.846. The van der Waals surface area contributed by atoms with E-state index in [0.29, 0.717) is 13.2 Å². The predicted octanol–water partition coefficient (Wildman–Crippen LogP) is 7.23. The molecule has 30 heavy (non-hydrogen) atoms. The van der Waals surface area contributed by atoms with E-state index in [1.807, 2.05) is 6.92 Å². The molecule has 0 N–H and O–H groups in total. The molecule has 178 valence electrons. The van der Waals surface area contributed by atoms with Crippen molar-refractivity contribution in [1.29, 1.82) is 0 Å². The Morgan fingerprint density at radius 2 is 1.50 bits per heavy atom. The summed E-state index contributed by atoms with van der Waals surface area (Å²) < 4.78 is 23.6. The maximum Gasteiger partial charge on any atom is 0.105 e. The minimum Gasteiger partial charge on any atom is -0.493 e. The molecule has 0 bridgehead atoms. The van der Waals surface area contributed by atoms with Crippen LogP contribution < -0.4 is 0 Å². The van der Waals surface area contributed by atoms with Crippen molar-refractivity contribution in [2.75, 3.05) is 20.3 Å². The quantitative estimate of drug-likeness (QED) is 0.171. The molecule has 0 aliphatic heterocycles. The number of unbranched alkanes of at least 4 members (excludes halogenated alkanes) is 1. The van der Waals surface area contributed by atoms with E-state index < -0.39 is 0 Å². The second-order valence-electron chi connectivity index (χ2n) is 10.2. The van der Waals surface area contributed by atoms with Crippen LogP contribution in [-0.2, 0) is 18.9 Å². The molecule has 0 saturated carbocycles. The number of hydrogen-bond donors (Lipinski definition) is 0. The third-order valence-corrected chi connectivity index (χ3v) is 5.70. The average Bonchev–Trinajstić information content (AvgIpc) is 2.63. The highest BCUT2D eigenvalue weighted by Crippen LogP contribution is 2.28. The standard InChI is InChI=1S/C26H50O4/c1-12-13-17-24(5,6)28-20-18-25(7,8)30-23(4)15-14-21(2)26(9,10)29-19-16-22(3)27-11/h22H,2,4,12-20H2,1,3,5-11H3. The van der Waals surface area contributed by atoms with Crippen LogP contribution in [0.2, 0.25) is 0 Å². The monoisotopic (exact) mass is 426 g/mol. The van der Waals surface area contributed by atoms with Crippen LogP contribution in [0.15, 0.2) is 24.5 Å². The van der Waals surface area contributed by atoms with E-state index >= 15 is 0 Å². The molecule has 0 radical (unpaired) electrons. The summed E-state index contributed by atoms with van der Waals surface area (Å²) in [5.74, 6) is 0.787. The van der Waals surface area contributed by atoms with Gasteiger partial charge in [0.2, 0.25) is 0 Å². The van der Waals surface area contributed by atoms with Crippen LogP contribution in [0.4, 0.5) is 0 Å². The zero-order valence-corrected chi connectivity index (χ0v) is 21.5. The van der Waals surface area contributed by atoms with Crippen LogP contribution in [0, 0.1) is 0 Å². The molecule has 0 rings (SSSR count). The Morgan fingerprint density at radius 1 is 0.867 bits per heavy atom. The molecule has 0 aliphatic rings. The van der Waals surface area contributed by atoms with E-state index in [9.17, 15) is 0 Å². The highest BCUT2D eigenvalue weighted by Gasteiger charge is 2.25. The van der Waals surface area contributed by atoms with Gasteiger partial charge in [0.15, 0.2) is 0 Å². The maximum absolute atomic E-state index is 6.15. The number of methoxy groups -OCH3 is 1. The summed E-state index contributed by atoms with van der Waals surface area (Å²) in [5, 5.41) is 0. The van der Waals surface area contributed by atoms with Gasteiger partial charge in [-0.2, -0.15) is 0 Å². The van der Waals surface area contributed by atoms with E-state index in [2.05, 4.69) is 61.6 Å². The van der Waals surface area contributed by atoms with Gasteiger partial charge in [-0.25, -0.2) is 0 Å². The molecule has 0 fully saturated rings. The molecule has 4 heteroatoms. The third kappa shape index (κ3) is 13.5. The Labute approximate surface area is 187 Å². The van der Waals surface area contributed by atoms with Crippen LogP contribution in [0.1, 0.15) is 100 Å². The van der Waals surface area contributed by atoms with Gasteiger partial charge >= 0.3 is 0 Å². The Bertz CT molecular complexity index is 505. The lowest BCUT2D eigenvalue weighted by Crippen LogP contribution is -2.31. The van der Waals surface area contributed by atoms with Crippen molar-refractivity contribution < 1.29 is 18.9 Å². The minimum atomic E-state index is -0.374. The zero-order chi connectivity index (χ0) is 23.4. The van der Waals surface area contributed by atoms with Crippen molar-refractivity contribution in [1.82, 2.24) is 0 Å². The van der Waals surface area contributed by atoms with Crippen LogP contribution in [-0.4, -0.2) is 43.2 Å². The fourth-order valence-electron chi connectivity index (χ4n) is 3.03. The van der Waals surface area contributed by atoms with Crippen LogP contribution >= 0.6 is 0 Å². The molecule has 1 atom stereocenters. The van der Waals surface area contributed by atoms with E-state index in [1.54, 1.807) is 7.11 Å². The smallest absolute Gasteiger partial charge is 0.105 e. The van der Waals surface area contributed by atoms with E-state index in [4.69, 9.17) is 18.9 Å². The molecule has 0 aromatic carbocycles. The highest BCUT2D eigenvalue weighted by atomic mass is 16.5. The van der Waals surface area contributed by atoms with Crippen molar-refractivity contribution in [2.45, 2.75) is 123 Å². The summed E-state index contributed by atoms with van der Waals surface area (Å²) in [6.45, 7) is 26.6. The van der Waals surface area contributed by atoms with Gasteiger partial charge < -0.3 is 18.9 Å². The molecule has 0 heterocycles. The SMILES string of the molecule is C=C(CCC(=C)C(C)(C)OCCC(C)OC)OC(C)(C)CCOC(C)(C)CCCC. The Morgan fingerprint density at radius 3 is 2.07 bits per heavy atom. The predicted molar refractivity (Wildman–Crippen MR) is 128 cm³/mol. The van der Waals surface area contributed by atoms with Gasteiger partial charge in [-0.3, -0.25) is 0 Å².